The number of ether oxygens (including phenoxy) is 2. The number of H-pyrrole nitrogens is 1. The molecule has 36 heavy (non-hydrogen) atoms. The third kappa shape index (κ3) is 5.32. The Morgan fingerprint density at radius 2 is 2.08 bits per heavy atom. The molecule has 9 nitrogen and oxygen atoms in total. The largest absolute Gasteiger partial charge is 0.497 e. The second-order valence-electron chi connectivity index (χ2n) is 9.25. The van der Waals surface area contributed by atoms with Gasteiger partial charge in [-0.2, -0.15) is 0 Å². The van der Waals surface area contributed by atoms with E-state index in [-0.39, 0.29) is 17.7 Å². The van der Waals surface area contributed by atoms with Gasteiger partial charge in [0.25, 0.3) is 5.56 Å². The molecule has 0 saturated carbocycles. The first kappa shape index (κ1) is 24.1. The molecular weight excluding hydrogens is 456 g/mol. The van der Waals surface area contributed by atoms with E-state index in [0.717, 1.165) is 53.9 Å². The van der Waals surface area contributed by atoms with Crippen molar-refractivity contribution in [3.63, 3.8) is 0 Å². The molecule has 0 spiro atoms. The Labute approximate surface area is 210 Å². The standard InChI is InChI=1S/C27H32N6O3/c1-3-25(26-29-30-31-33(26)16-19-8-5-4-6-9-19)32(18-23-10-7-13-36-23)17-21-14-20-15-22(35-2)11-12-24(20)28-27(21)34/h4-6,8-9,11-12,14-15,23,25H,3,7,10,13,16-18H2,1-2H3,(H,28,34)/t23-,25-/m1/s1. The molecule has 1 aliphatic rings. The van der Waals surface area contributed by atoms with Crippen LogP contribution >= 0.6 is 0 Å². The number of pyridine rings is 1. The van der Waals surface area contributed by atoms with Crippen molar-refractivity contribution >= 4 is 10.9 Å². The van der Waals surface area contributed by atoms with Gasteiger partial charge in [0.2, 0.25) is 0 Å². The van der Waals surface area contributed by atoms with Crippen molar-refractivity contribution in [1.82, 2.24) is 30.1 Å². The molecular formula is C27H32N6O3. The van der Waals surface area contributed by atoms with E-state index in [1.54, 1.807) is 7.11 Å². The molecule has 0 amide bonds. The third-order valence-corrected chi connectivity index (χ3v) is 6.82. The van der Waals surface area contributed by atoms with E-state index in [0.29, 0.717) is 25.2 Å². The van der Waals surface area contributed by atoms with Gasteiger partial charge in [0.15, 0.2) is 5.82 Å². The van der Waals surface area contributed by atoms with Crippen LogP contribution in [-0.2, 0) is 17.8 Å². The number of benzene rings is 2. The Kier molecular flexibility index (Phi) is 7.39. The maximum Gasteiger partial charge on any atom is 0.252 e. The lowest BCUT2D eigenvalue weighted by Gasteiger charge is -2.32. The Balaban J connectivity index is 1.48. The fourth-order valence-corrected chi connectivity index (χ4v) is 4.97. The molecule has 2 aromatic heterocycles. The zero-order valence-corrected chi connectivity index (χ0v) is 20.8. The lowest BCUT2D eigenvalue weighted by Crippen LogP contribution is -2.37. The summed E-state index contributed by atoms with van der Waals surface area (Å²) in [6.07, 6.45) is 2.98. The van der Waals surface area contributed by atoms with Gasteiger partial charge >= 0.3 is 0 Å². The van der Waals surface area contributed by atoms with Crippen LogP contribution in [0.15, 0.2) is 59.4 Å². The van der Waals surface area contributed by atoms with Crippen molar-refractivity contribution in [2.24, 2.45) is 0 Å². The minimum Gasteiger partial charge on any atom is -0.497 e. The molecule has 9 heteroatoms. The highest BCUT2D eigenvalue weighted by atomic mass is 16.5. The number of hydrogen-bond acceptors (Lipinski definition) is 7. The number of hydrogen-bond donors (Lipinski definition) is 1. The Morgan fingerprint density at radius 3 is 2.83 bits per heavy atom. The highest BCUT2D eigenvalue weighted by Crippen LogP contribution is 2.27. The second-order valence-corrected chi connectivity index (χ2v) is 9.25. The van der Waals surface area contributed by atoms with E-state index in [4.69, 9.17) is 9.47 Å². The van der Waals surface area contributed by atoms with Crippen LogP contribution in [0.1, 0.15) is 49.2 Å². The fourth-order valence-electron chi connectivity index (χ4n) is 4.97. The van der Waals surface area contributed by atoms with Crippen molar-refractivity contribution in [2.45, 2.75) is 51.4 Å². The molecule has 2 aromatic carbocycles. The zero-order chi connectivity index (χ0) is 24.9. The number of tetrazole rings is 1. The van der Waals surface area contributed by atoms with Crippen LogP contribution < -0.4 is 10.3 Å². The van der Waals surface area contributed by atoms with Crippen LogP contribution in [0.2, 0.25) is 0 Å². The molecule has 0 radical (unpaired) electrons. The summed E-state index contributed by atoms with van der Waals surface area (Å²) in [5, 5.41) is 13.7. The van der Waals surface area contributed by atoms with E-state index in [1.165, 1.54) is 0 Å². The first-order chi connectivity index (χ1) is 17.6. The molecule has 4 aromatic rings. The zero-order valence-electron chi connectivity index (χ0n) is 20.8. The third-order valence-electron chi connectivity index (χ3n) is 6.82. The lowest BCUT2D eigenvalue weighted by molar-refractivity contribution is 0.0489. The number of nitrogens with one attached hydrogen (secondary N) is 1. The van der Waals surface area contributed by atoms with Crippen molar-refractivity contribution in [3.8, 4) is 5.75 Å². The van der Waals surface area contributed by atoms with Crippen LogP contribution in [0.4, 0.5) is 0 Å². The summed E-state index contributed by atoms with van der Waals surface area (Å²) in [7, 11) is 1.64. The first-order valence-corrected chi connectivity index (χ1v) is 12.5. The predicted molar refractivity (Wildman–Crippen MR) is 137 cm³/mol. The highest BCUT2D eigenvalue weighted by Gasteiger charge is 2.29. The van der Waals surface area contributed by atoms with Gasteiger partial charge in [-0.1, -0.05) is 37.3 Å². The summed E-state index contributed by atoms with van der Waals surface area (Å²) in [6, 6.07) is 17.7. The van der Waals surface area contributed by atoms with Gasteiger partial charge in [0.05, 0.1) is 25.8 Å². The van der Waals surface area contributed by atoms with E-state index in [2.05, 4.69) is 44.5 Å². The number of nitrogens with zero attached hydrogens (tertiary/aromatic N) is 5. The normalized spacial score (nSPS) is 16.6. The van der Waals surface area contributed by atoms with Gasteiger partial charge in [-0.3, -0.25) is 9.69 Å². The molecule has 188 valence electrons. The van der Waals surface area contributed by atoms with Crippen LogP contribution in [-0.4, -0.2) is 56.5 Å². The van der Waals surface area contributed by atoms with E-state index in [9.17, 15) is 4.79 Å². The average Bonchev–Trinajstić information content (AvgIpc) is 3.58. The molecule has 3 heterocycles. The topological polar surface area (TPSA) is 98.2 Å². The number of rotatable bonds is 10. The van der Waals surface area contributed by atoms with Crippen LogP contribution in [0.3, 0.4) is 0 Å². The maximum absolute atomic E-state index is 13.1. The molecule has 2 atom stereocenters. The Morgan fingerprint density at radius 1 is 1.22 bits per heavy atom. The quantitative estimate of drug-likeness (QED) is 0.363. The Bertz CT molecular complexity index is 1350. The minimum atomic E-state index is -0.0938. The van der Waals surface area contributed by atoms with Gasteiger partial charge in [0, 0.05) is 36.2 Å². The Hall–Kier alpha value is -3.56. The molecule has 0 bridgehead atoms. The van der Waals surface area contributed by atoms with Gasteiger partial charge in [-0.15, -0.1) is 5.10 Å². The monoisotopic (exact) mass is 488 g/mol. The summed E-state index contributed by atoms with van der Waals surface area (Å²) in [4.78, 5) is 18.4. The number of aromatic amines is 1. The van der Waals surface area contributed by atoms with Gasteiger partial charge in [-0.25, -0.2) is 4.68 Å². The van der Waals surface area contributed by atoms with Crippen LogP contribution in [0, 0.1) is 0 Å². The second kappa shape index (κ2) is 11.0. The average molecular weight is 489 g/mol. The van der Waals surface area contributed by atoms with Crippen molar-refractivity contribution in [1.29, 1.82) is 0 Å². The van der Waals surface area contributed by atoms with Gasteiger partial charge in [0.1, 0.15) is 5.75 Å². The number of methoxy groups -OCH3 is 1. The predicted octanol–water partition coefficient (Wildman–Crippen LogP) is 3.70. The molecule has 1 saturated heterocycles. The molecule has 1 aliphatic heterocycles. The smallest absolute Gasteiger partial charge is 0.252 e. The van der Waals surface area contributed by atoms with E-state index < -0.39 is 0 Å². The summed E-state index contributed by atoms with van der Waals surface area (Å²) in [5.74, 6) is 1.54. The fraction of sp³-hybridized carbons (Fsp3) is 0.407. The van der Waals surface area contributed by atoms with Crippen LogP contribution in [0.25, 0.3) is 10.9 Å². The van der Waals surface area contributed by atoms with E-state index >= 15 is 0 Å². The number of aromatic nitrogens is 5. The SMILES string of the molecule is CC[C@H](c1nnnn1Cc1ccccc1)N(Cc1cc2cc(OC)ccc2[nH]c1=O)C[C@H]1CCCO1. The highest BCUT2D eigenvalue weighted by molar-refractivity contribution is 5.80. The maximum atomic E-state index is 13.1. The summed E-state index contributed by atoms with van der Waals surface area (Å²) in [5.41, 5.74) is 2.51. The molecule has 0 aliphatic carbocycles. The lowest BCUT2D eigenvalue weighted by atomic mass is 10.1. The van der Waals surface area contributed by atoms with E-state index in [1.807, 2.05) is 47.1 Å². The minimum absolute atomic E-state index is 0.0756. The molecule has 0 unspecified atom stereocenters. The van der Waals surface area contributed by atoms with Crippen molar-refractivity contribution in [2.75, 3.05) is 20.3 Å². The van der Waals surface area contributed by atoms with Gasteiger partial charge < -0.3 is 14.5 Å². The summed E-state index contributed by atoms with van der Waals surface area (Å²) >= 11 is 0. The summed E-state index contributed by atoms with van der Waals surface area (Å²) in [6.45, 7) is 4.65. The first-order valence-electron chi connectivity index (χ1n) is 12.5. The number of fused-ring (bicyclic) bond motifs is 1. The molecule has 1 N–H and O–H groups in total. The van der Waals surface area contributed by atoms with Crippen LogP contribution in [0.5, 0.6) is 5.75 Å². The molecule has 1 fully saturated rings. The van der Waals surface area contributed by atoms with Crippen molar-refractivity contribution in [3.05, 3.63) is 81.9 Å². The van der Waals surface area contributed by atoms with Crippen molar-refractivity contribution < 1.29 is 9.47 Å². The molecule has 5 rings (SSSR count). The van der Waals surface area contributed by atoms with Gasteiger partial charge in [-0.05, 0) is 59.5 Å². The summed E-state index contributed by atoms with van der Waals surface area (Å²) < 4.78 is 13.2.